The zero-order valence-electron chi connectivity index (χ0n) is 11.5. The topological polar surface area (TPSA) is 55.8 Å². The van der Waals surface area contributed by atoms with Crippen molar-refractivity contribution in [2.45, 2.75) is 13.2 Å². The van der Waals surface area contributed by atoms with E-state index in [0.29, 0.717) is 5.75 Å². The van der Waals surface area contributed by atoms with Crippen LogP contribution < -0.4 is 4.74 Å². The van der Waals surface area contributed by atoms with Gasteiger partial charge in [0.25, 0.3) is 0 Å². The van der Waals surface area contributed by atoms with Crippen LogP contribution in [0, 0.1) is 5.82 Å². The van der Waals surface area contributed by atoms with Crippen molar-refractivity contribution >= 4 is 5.97 Å². The molecule has 0 spiro atoms. The van der Waals surface area contributed by atoms with Gasteiger partial charge >= 0.3 is 5.97 Å². The maximum absolute atomic E-state index is 13.7. The summed E-state index contributed by atoms with van der Waals surface area (Å²) in [5.74, 6) is -0.423. The Morgan fingerprint density at radius 1 is 1.19 bits per heavy atom. The summed E-state index contributed by atoms with van der Waals surface area (Å²) in [4.78, 5) is 11.4. The van der Waals surface area contributed by atoms with Gasteiger partial charge in [-0.3, -0.25) is 0 Å². The Kier molecular flexibility index (Phi) is 4.90. The van der Waals surface area contributed by atoms with Crippen molar-refractivity contribution in [2.24, 2.45) is 0 Å². The standard InChI is InChI=1S/C16H15FO4/c1-20-16(19)12-4-7-15(17)13(8-12)10-21-14-5-2-11(9-18)3-6-14/h2-8,18H,9-10H2,1H3. The molecule has 2 rings (SSSR count). The van der Waals surface area contributed by atoms with E-state index in [1.165, 1.54) is 25.3 Å². The second-order valence-electron chi connectivity index (χ2n) is 4.39. The highest BCUT2D eigenvalue weighted by atomic mass is 19.1. The predicted octanol–water partition coefficient (Wildman–Crippen LogP) is 2.68. The average molecular weight is 290 g/mol. The minimum Gasteiger partial charge on any atom is -0.489 e. The number of aliphatic hydroxyl groups is 1. The lowest BCUT2D eigenvalue weighted by Crippen LogP contribution is -2.05. The largest absolute Gasteiger partial charge is 0.489 e. The van der Waals surface area contributed by atoms with Crippen LogP contribution >= 0.6 is 0 Å². The van der Waals surface area contributed by atoms with Crippen molar-refractivity contribution in [3.05, 3.63) is 65.0 Å². The average Bonchev–Trinajstić information content (AvgIpc) is 2.53. The second kappa shape index (κ2) is 6.85. The second-order valence-corrected chi connectivity index (χ2v) is 4.39. The maximum atomic E-state index is 13.7. The van der Waals surface area contributed by atoms with Crippen molar-refractivity contribution in [3.63, 3.8) is 0 Å². The summed E-state index contributed by atoms with van der Waals surface area (Å²) in [7, 11) is 1.27. The molecule has 0 fully saturated rings. The first-order valence-corrected chi connectivity index (χ1v) is 6.33. The molecular weight excluding hydrogens is 275 g/mol. The third-order valence-electron chi connectivity index (χ3n) is 2.97. The molecule has 2 aromatic rings. The molecule has 4 nitrogen and oxygen atoms in total. The number of carbonyl (C=O) groups excluding carboxylic acids is 1. The van der Waals surface area contributed by atoms with Crippen LogP contribution in [0.1, 0.15) is 21.5 Å². The van der Waals surface area contributed by atoms with Gasteiger partial charge in [0.1, 0.15) is 18.2 Å². The van der Waals surface area contributed by atoms with Gasteiger partial charge < -0.3 is 14.6 Å². The Morgan fingerprint density at radius 2 is 1.90 bits per heavy atom. The van der Waals surface area contributed by atoms with Crippen molar-refractivity contribution in [1.82, 2.24) is 0 Å². The number of hydrogen-bond acceptors (Lipinski definition) is 4. The number of carbonyl (C=O) groups is 1. The Morgan fingerprint density at radius 3 is 2.52 bits per heavy atom. The van der Waals surface area contributed by atoms with E-state index in [9.17, 15) is 9.18 Å². The molecule has 0 radical (unpaired) electrons. The van der Waals surface area contributed by atoms with E-state index in [1.54, 1.807) is 24.3 Å². The molecule has 0 saturated heterocycles. The van der Waals surface area contributed by atoms with Gasteiger partial charge in [-0.15, -0.1) is 0 Å². The number of benzene rings is 2. The SMILES string of the molecule is COC(=O)c1ccc(F)c(COc2ccc(CO)cc2)c1. The quantitative estimate of drug-likeness (QED) is 0.860. The van der Waals surface area contributed by atoms with E-state index in [-0.39, 0.29) is 24.3 Å². The van der Waals surface area contributed by atoms with Crippen molar-refractivity contribution in [2.75, 3.05) is 7.11 Å². The molecule has 0 amide bonds. The zero-order valence-corrected chi connectivity index (χ0v) is 11.5. The molecule has 1 N–H and O–H groups in total. The third-order valence-corrected chi connectivity index (χ3v) is 2.97. The summed E-state index contributed by atoms with van der Waals surface area (Å²) in [5.41, 5.74) is 1.30. The van der Waals surface area contributed by atoms with E-state index in [2.05, 4.69) is 4.74 Å². The summed E-state index contributed by atoms with van der Waals surface area (Å²) < 4.78 is 23.8. The van der Waals surface area contributed by atoms with E-state index in [0.717, 1.165) is 5.56 Å². The first kappa shape index (κ1) is 15.0. The molecule has 5 heteroatoms. The van der Waals surface area contributed by atoms with Crippen molar-refractivity contribution in [3.8, 4) is 5.75 Å². The number of ether oxygens (including phenoxy) is 2. The van der Waals surface area contributed by atoms with Gasteiger partial charge in [-0.05, 0) is 35.9 Å². The summed E-state index contributed by atoms with van der Waals surface area (Å²) in [5, 5.41) is 8.94. The predicted molar refractivity (Wildman–Crippen MR) is 74.4 cm³/mol. The van der Waals surface area contributed by atoms with Crippen LogP contribution in [0.3, 0.4) is 0 Å². The van der Waals surface area contributed by atoms with Crippen molar-refractivity contribution < 1.29 is 23.8 Å². The lowest BCUT2D eigenvalue weighted by molar-refractivity contribution is 0.0600. The minimum absolute atomic E-state index is 0.00482. The highest BCUT2D eigenvalue weighted by Crippen LogP contribution is 2.17. The molecule has 0 aliphatic carbocycles. The van der Waals surface area contributed by atoms with Crippen LogP contribution in [0.25, 0.3) is 0 Å². The van der Waals surface area contributed by atoms with Gasteiger partial charge in [-0.2, -0.15) is 0 Å². The molecule has 0 aliphatic heterocycles. The van der Waals surface area contributed by atoms with Gasteiger partial charge in [-0.1, -0.05) is 12.1 Å². The zero-order chi connectivity index (χ0) is 15.2. The lowest BCUT2D eigenvalue weighted by Gasteiger charge is -2.09. The van der Waals surface area contributed by atoms with Crippen LogP contribution in [0.15, 0.2) is 42.5 Å². The number of rotatable bonds is 5. The summed E-state index contributed by atoms with van der Waals surface area (Å²) in [6.45, 7) is -0.0504. The Balaban J connectivity index is 2.09. The fraction of sp³-hybridized carbons (Fsp3) is 0.188. The molecule has 21 heavy (non-hydrogen) atoms. The number of esters is 1. The number of halogens is 1. The highest BCUT2D eigenvalue weighted by molar-refractivity contribution is 5.89. The van der Waals surface area contributed by atoms with Gasteiger partial charge in [0, 0.05) is 5.56 Å². The number of hydrogen-bond donors (Lipinski definition) is 1. The van der Waals surface area contributed by atoms with E-state index >= 15 is 0 Å². The molecule has 0 unspecified atom stereocenters. The number of aliphatic hydroxyl groups excluding tert-OH is 1. The molecule has 0 aliphatic rings. The fourth-order valence-corrected chi connectivity index (χ4v) is 1.78. The summed E-state index contributed by atoms with van der Waals surface area (Å²) in [6.07, 6.45) is 0. The first-order valence-electron chi connectivity index (χ1n) is 6.33. The highest BCUT2D eigenvalue weighted by Gasteiger charge is 2.10. The maximum Gasteiger partial charge on any atom is 0.337 e. The molecular formula is C16H15FO4. The monoisotopic (exact) mass is 290 g/mol. The molecule has 110 valence electrons. The number of methoxy groups -OCH3 is 1. The lowest BCUT2D eigenvalue weighted by atomic mass is 10.1. The molecule has 0 aromatic heterocycles. The van der Waals surface area contributed by atoms with Gasteiger partial charge in [0.15, 0.2) is 0 Å². The van der Waals surface area contributed by atoms with Gasteiger partial charge in [0.2, 0.25) is 0 Å². The van der Waals surface area contributed by atoms with E-state index in [1.807, 2.05) is 0 Å². The third kappa shape index (κ3) is 3.79. The van der Waals surface area contributed by atoms with Crippen LogP contribution in [-0.4, -0.2) is 18.2 Å². The fourth-order valence-electron chi connectivity index (χ4n) is 1.78. The molecule has 0 bridgehead atoms. The molecule has 0 heterocycles. The first-order chi connectivity index (χ1) is 10.1. The van der Waals surface area contributed by atoms with Crippen LogP contribution in [-0.2, 0) is 18.0 Å². The minimum atomic E-state index is -0.524. The van der Waals surface area contributed by atoms with E-state index in [4.69, 9.17) is 9.84 Å². The van der Waals surface area contributed by atoms with Crippen LogP contribution in [0.4, 0.5) is 4.39 Å². The van der Waals surface area contributed by atoms with Gasteiger partial charge in [-0.25, -0.2) is 9.18 Å². The molecule has 2 aromatic carbocycles. The Labute approximate surface area is 121 Å². The van der Waals surface area contributed by atoms with Crippen molar-refractivity contribution in [1.29, 1.82) is 0 Å². The van der Waals surface area contributed by atoms with Crippen LogP contribution in [0.5, 0.6) is 5.75 Å². The van der Waals surface area contributed by atoms with E-state index < -0.39 is 11.8 Å². The Hall–Kier alpha value is -2.40. The Bertz CT molecular complexity index is 623. The van der Waals surface area contributed by atoms with Gasteiger partial charge in [0.05, 0.1) is 19.3 Å². The summed E-state index contributed by atoms with van der Waals surface area (Å²) in [6, 6.07) is 10.8. The molecule has 0 saturated carbocycles. The van der Waals surface area contributed by atoms with Crippen LogP contribution in [0.2, 0.25) is 0 Å². The normalized spacial score (nSPS) is 10.2. The summed E-state index contributed by atoms with van der Waals surface area (Å²) >= 11 is 0. The molecule has 0 atom stereocenters. The smallest absolute Gasteiger partial charge is 0.337 e.